The molecule has 1 heterocycles. The molecule has 4 aromatic carbocycles. The second-order valence-corrected chi connectivity index (χ2v) is 10.2. The van der Waals surface area contributed by atoms with Gasteiger partial charge in [0.2, 0.25) is 0 Å². The number of benzene rings is 4. The van der Waals surface area contributed by atoms with Crippen LogP contribution < -0.4 is 5.32 Å². The first-order valence-corrected chi connectivity index (χ1v) is 13.2. The molecule has 5 nitrogen and oxygen atoms in total. The number of amides is 1. The number of rotatable bonds is 7. The maximum Gasteiger partial charge on any atom is 0.336 e. The van der Waals surface area contributed by atoms with Gasteiger partial charge in [0, 0.05) is 28.6 Å². The second kappa shape index (κ2) is 11.2. The van der Waals surface area contributed by atoms with Crippen LogP contribution in [0.1, 0.15) is 26.3 Å². The van der Waals surface area contributed by atoms with Crippen LogP contribution in [-0.2, 0) is 6.54 Å². The molecule has 2 N–H and O–H groups in total. The Morgan fingerprint density at radius 1 is 0.816 bits per heavy atom. The van der Waals surface area contributed by atoms with Crippen molar-refractivity contribution < 1.29 is 14.7 Å². The Morgan fingerprint density at radius 2 is 1.53 bits per heavy atom. The molecule has 188 valence electrons. The minimum absolute atomic E-state index is 0.148. The third-order valence-corrected chi connectivity index (χ3v) is 7.60. The van der Waals surface area contributed by atoms with Crippen molar-refractivity contribution in [1.82, 2.24) is 10.3 Å². The molecule has 0 saturated heterocycles. The summed E-state index contributed by atoms with van der Waals surface area (Å²) < 4.78 is 0. The smallest absolute Gasteiger partial charge is 0.336 e. The second-order valence-electron chi connectivity index (χ2n) is 8.48. The van der Waals surface area contributed by atoms with Crippen LogP contribution in [0.25, 0.3) is 33.0 Å². The van der Waals surface area contributed by atoms with Gasteiger partial charge < -0.3 is 10.4 Å². The Morgan fingerprint density at radius 3 is 2.24 bits per heavy atom. The van der Waals surface area contributed by atoms with Crippen molar-refractivity contribution in [3.05, 3.63) is 123 Å². The zero-order valence-corrected chi connectivity index (χ0v) is 22.1. The molecule has 0 aliphatic heterocycles. The Labute approximate surface area is 233 Å². The number of carbonyl (C=O) groups excluding carboxylic acids is 1. The fourth-order valence-corrected chi connectivity index (χ4v) is 5.11. The molecule has 0 saturated carbocycles. The van der Waals surface area contributed by atoms with Crippen LogP contribution in [0.15, 0.2) is 96.4 Å². The van der Waals surface area contributed by atoms with Gasteiger partial charge in [-0.25, -0.2) is 9.78 Å². The number of hydrogen-bond donors (Lipinski definition) is 2. The Bertz CT molecular complexity index is 1630. The van der Waals surface area contributed by atoms with Crippen molar-refractivity contribution in [3.8, 4) is 33.0 Å². The van der Waals surface area contributed by atoms with Gasteiger partial charge in [-0.15, -0.1) is 11.3 Å². The first-order valence-electron chi connectivity index (χ1n) is 11.6. The van der Waals surface area contributed by atoms with Gasteiger partial charge in [-0.1, -0.05) is 83.9 Å². The van der Waals surface area contributed by atoms with Crippen LogP contribution in [0.4, 0.5) is 0 Å². The summed E-state index contributed by atoms with van der Waals surface area (Å²) in [7, 11) is 0. The van der Waals surface area contributed by atoms with E-state index in [0.717, 1.165) is 16.8 Å². The molecule has 0 fully saturated rings. The quantitative estimate of drug-likeness (QED) is 0.211. The monoisotopic (exact) mass is 558 g/mol. The van der Waals surface area contributed by atoms with E-state index in [1.807, 2.05) is 47.8 Å². The summed E-state index contributed by atoms with van der Waals surface area (Å²) in [6, 6.07) is 27.1. The lowest BCUT2D eigenvalue weighted by Crippen LogP contribution is -2.22. The summed E-state index contributed by atoms with van der Waals surface area (Å²) in [4.78, 5) is 29.4. The number of aromatic nitrogens is 1. The Hall–Kier alpha value is -3.97. The zero-order valence-electron chi connectivity index (χ0n) is 19.8. The summed E-state index contributed by atoms with van der Waals surface area (Å²) in [6.07, 6.45) is 0. The zero-order chi connectivity index (χ0) is 26.6. The number of carboxylic acids is 1. The lowest BCUT2D eigenvalue weighted by Gasteiger charge is -2.10. The van der Waals surface area contributed by atoms with Crippen molar-refractivity contribution in [2.75, 3.05) is 0 Å². The number of nitrogens with one attached hydrogen (secondary N) is 1. The van der Waals surface area contributed by atoms with Crippen molar-refractivity contribution in [1.29, 1.82) is 0 Å². The van der Waals surface area contributed by atoms with Crippen molar-refractivity contribution in [3.63, 3.8) is 0 Å². The fourth-order valence-electron chi connectivity index (χ4n) is 3.98. The minimum atomic E-state index is -1.05. The Kier molecular flexibility index (Phi) is 7.56. The molecule has 1 amide bonds. The normalized spacial score (nSPS) is 10.8. The molecule has 0 spiro atoms. The van der Waals surface area contributed by atoms with Gasteiger partial charge >= 0.3 is 5.97 Å². The van der Waals surface area contributed by atoms with E-state index in [1.54, 1.807) is 48.5 Å². The van der Waals surface area contributed by atoms with Crippen molar-refractivity contribution in [2.45, 2.75) is 6.54 Å². The highest BCUT2D eigenvalue weighted by Gasteiger charge is 2.16. The highest BCUT2D eigenvalue weighted by atomic mass is 35.5. The maximum absolute atomic E-state index is 12.6. The van der Waals surface area contributed by atoms with Crippen LogP contribution in [0.5, 0.6) is 0 Å². The van der Waals surface area contributed by atoms with E-state index in [0.29, 0.717) is 43.9 Å². The van der Waals surface area contributed by atoms with Gasteiger partial charge in [-0.05, 0) is 47.0 Å². The number of carboxylic acid groups (broad SMARTS) is 1. The van der Waals surface area contributed by atoms with Crippen LogP contribution in [0, 0.1) is 0 Å². The largest absolute Gasteiger partial charge is 0.478 e. The lowest BCUT2D eigenvalue weighted by atomic mass is 9.96. The first-order chi connectivity index (χ1) is 18.4. The van der Waals surface area contributed by atoms with Crippen LogP contribution in [-0.4, -0.2) is 22.0 Å². The van der Waals surface area contributed by atoms with E-state index < -0.39 is 5.97 Å². The summed E-state index contributed by atoms with van der Waals surface area (Å²) >= 11 is 13.6. The minimum Gasteiger partial charge on any atom is -0.478 e. The van der Waals surface area contributed by atoms with Gasteiger partial charge in [0.05, 0.1) is 21.3 Å². The van der Waals surface area contributed by atoms with E-state index in [1.165, 1.54) is 11.3 Å². The van der Waals surface area contributed by atoms with E-state index in [9.17, 15) is 14.7 Å². The molecule has 0 aliphatic carbocycles. The number of hydrogen-bond acceptors (Lipinski definition) is 4. The molecule has 38 heavy (non-hydrogen) atoms. The number of nitrogens with zero attached hydrogens (tertiary/aromatic N) is 1. The maximum atomic E-state index is 12.6. The molecule has 0 radical (unpaired) electrons. The number of aromatic carboxylic acids is 1. The predicted molar refractivity (Wildman–Crippen MR) is 153 cm³/mol. The van der Waals surface area contributed by atoms with Gasteiger partial charge in [0.25, 0.3) is 5.91 Å². The van der Waals surface area contributed by atoms with E-state index in [-0.39, 0.29) is 11.5 Å². The number of halogens is 2. The molecule has 0 unspecified atom stereocenters. The number of thiazole rings is 1. The molecule has 5 aromatic rings. The standard InChI is InChI=1S/C30H20Cl2N2O3S/c31-25-13-11-21(15-26(25)32)27-17-38-29(34-27)22-10-12-23(24(14-22)30(36)37)19-6-8-20(9-7-19)28(35)33-16-18-4-2-1-3-5-18/h1-15,17H,16H2,(H,33,35)(H,36,37). The summed E-state index contributed by atoms with van der Waals surface area (Å²) in [5.74, 6) is -1.25. The van der Waals surface area contributed by atoms with Gasteiger partial charge in [-0.3, -0.25) is 4.79 Å². The molecule has 8 heteroatoms. The molecule has 0 atom stereocenters. The average Bonchev–Trinajstić information content (AvgIpc) is 3.44. The molecular formula is C30H20Cl2N2O3S. The van der Waals surface area contributed by atoms with E-state index in [4.69, 9.17) is 23.2 Å². The summed E-state index contributed by atoms with van der Waals surface area (Å²) in [6.45, 7) is 0.426. The SMILES string of the molecule is O=C(NCc1ccccc1)c1ccc(-c2ccc(-c3nc(-c4ccc(Cl)c(Cl)c4)cs3)cc2C(=O)O)cc1. The summed E-state index contributed by atoms with van der Waals surface area (Å²) in [5, 5.41) is 16.3. The lowest BCUT2D eigenvalue weighted by molar-refractivity contribution is 0.0697. The third-order valence-electron chi connectivity index (χ3n) is 5.97. The van der Waals surface area contributed by atoms with E-state index in [2.05, 4.69) is 10.3 Å². The Balaban J connectivity index is 1.37. The molecule has 0 aliphatic rings. The topological polar surface area (TPSA) is 79.3 Å². The average molecular weight is 559 g/mol. The van der Waals surface area contributed by atoms with E-state index >= 15 is 0 Å². The highest BCUT2D eigenvalue weighted by Crippen LogP contribution is 2.34. The predicted octanol–water partition coefficient (Wildman–Crippen LogP) is 8.08. The van der Waals surface area contributed by atoms with Crippen molar-refractivity contribution >= 4 is 46.4 Å². The molecular weight excluding hydrogens is 539 g/mol. The van der Waals surface area contributed by atoms with Gasteiger partial charge in [0.15, 0.2) is 0 Å². The third kappa shape index (κ3) is 5.63. The molecule has 0 bridgehead atoms. The first kappa shape index (κ1) is 25.7. The highest BCUT2D eigenvalue weighted by molar-refractivity contribution is 7.13. The van der Waals surface area contributed by atoms with Crippen LogP contribution in [0.3, 0.4) is 0 Å². The molecule has 5 rings (SSSR count). The van der Waals surface area contributed by atoms with Crippen LogP contribution >= 0.6 is 34.5 Å². The van der Waals surface area contributed by atoms with Crippen LogP contribution in [0.2, 0.25) is 10.0 Å². The fraction of sp³-hybridized carbons (Fsp3) is 0.0333. The number of carbonyl (C=O) groups is 2. The van der Waals surface area contributed by atoms with Gasteiger partial charge in [-0.2, -0.15) is 0 Å². The summed E-state index contributed by atoms with van der Waals surface area (Å²) in [5.41, 5.74) is 5.15. The van der Waals surface area contributed by atoms with Gasteiger partial charge in [0.1, 0.15) is 5.01 Å². The molecule has 1 aromatic heterocycles. The van der Waals surface area contributed by atoms with Crippen molar-refractivity contribution in [2.24, 2.45) is 0 Å².